The van der Waals surface area contributed by atoms with Crippen molar-refractivity contribution in [1.82, 2.24) is 15.1 Å². The minimum atomic E-state index is -0.451. The van der Waals surface area contributed by atoms with E-state index in [0.717, 1.165) is 70.7 Å². The Morgan fingerprint density at radius 1 is 1.23 bits per heavy atom. The number of piperidine rings is 1. The molecule has 0 spiro atoms. The first-order valence-corrected chi connectivity index (χ1v) is 11.3. The largest absolute Gasteiger partial charge is 0.444 e. The van der Waals surface area contributed by atoms with E-state index in [1.54, 1.807) is 0 Å². The average Bonchev–Trinajstić information content (AvgIpc) is 2.69. The van der Waals surface area contributed by atoms with Crippen LogP contribution in [-0.4, -0.2) is 80.4 Å². The first-order chi connectivity index (χ1) is 13.8. The summed E-state index contributed by atoms with van der Waals surface area (Å²) in [5, 5.41) is 3.42. The number of amides is 1. The summed E-state index contributed by atoms with van der Waals surface area (Å²) in [7, 11) is 2.12. The van der Waals surface area contributed by atoms with E-state index in [-0.39, 0.29) is 30.1 Å². The van der Waals surface area contributed by atoms with Gasteiger partial charge in [0.05, 0.1) is 0 Å². The van der Waals surface area contributed by atoms with E-state index in [4.69, 9.17) is 14.5 Å². The lowest BCUT2D eigenvalue weighted by Crippen LogP contribution is -2.44. The number of rotatable bonds is 6. The summed E-state index contributed by atoms with van der Waals surface area (Å²) in [5.41, 5.74) is -0.451. The van der Waals surface area contributed by atoms with Gasteiger partial charge in [0.15, 0.2) is 5.96 Å². The Kier molecular flexibility index (Phi) is 12.4. The molecule has 0 saturated carbocycles. The summed E-state index contributed by atoms with van der Waals surface area (Å²) in [6.07, 6.45) is 5.43. The van der Waals surface area contributed by atoms with E-state index in [1.807, 2.05) is 25.7 Å². The van der Waals surface area contributed by atoms with Gasteiger partial charge < -0.3 is 24.6 Å². The fourth-order valence-corrected chi connectivity index (χ4v) is 3.91. The van der Waals surface area contributed by atoms with Crippen molar-refractivity contribution in [3.63, 3.8) is 0 Å². The van der Waals surface area contributed by atoms with Gasteiger partial charge in [-0.25, -0.2) is 4.79 Å². The molecule has 2 fully saturated rings. The van der Waals surface area contributed by atoms with Crippen molar-refractivity contribution >= 4 is 36.0 Å². The minimum Gasteiger partial charge on any atom is -0.444 e. The van der Waals surface area contributed by atoms with Crippen LogP contribution in [0.4, 0.5) is 4.79 Å². The third-order valence-corrected chi connectivity index (χ3v) is 5.58. The van der Waals surface area contributed by atoms with Crippen molar-refractivity contribution in [3.05, 3.63) is 0 Å². The highest BCUT2D eigenvalue weighted by Gasteiger charge is 2.27. The molecule has 0 radical (unpaired) electrons. The molecule has 2 rings (SSSR count). The molecule has 0 aromatic carbocycles. The maximum absolute atomic E-state index is 12.4. The molecule has 0 aromatic heterocycles. The summed E-state index contributed by atoms with van der Waals surface area (Å²) < 4.78 is 11.0. The number of likely N-dealkylation sites (tertiary alicyclic amines) is 1. The number of hydrogen-bond acceptors (Lipinski definition) is 4. The third kappa shape index (κ3) is 10.0. The highest BCUT2D eigenvalue weighted by atomic mass is 127. The molecule has 1 atom stereocenters. The van der Waals surface area contributed by atoms with E-state index < -0.39 is 5.60 Å². The van der Waals surface area contributed by atoms with Gasteiger partial charge in [-0.05, 0) is 71.6 Å². The zero-order chi connectivity index (χ0) is 21.3. The second-order valence-corrected chi connectivity index (χ2v) is 9.40. The standard InChI is InChI=1S/C22H42N4O3.HI/c1-6-23-20(25(5)13-9-18-10-14-28-15-11-18)24-16-19-8-7-12-26(17-19)21(27)29-22(2,3)4;/h18-19H,6-17H2,1-5H3,(H,23,24);1H. The zero-order valence-corrected chi connectivity index (χ0v) is 21.9. The quantitative estimate of drug-likeness (QED) is 0.315. The fourth-order valence-electron chi connectivity index (χ4n) is 3.91. The molecule has 8 heteroatoms. The smallest absolute Gasteiger partial charge is 0.410 e. The van der Waals surface area contributed by atoms with Crippen molar-refractivity contribution in [3.8, 4) is 0 Å². The minimum absolute atomic E-state index is 0. The first kappa shape index (κ1) is 27.3. The van der Waals surface area contributed by atoms with Gasteiger partial charge in [-0.1, -0.05) is 0 Å². The fraction of sp³-hybridized carbons (Fsp3) is 0.909. The second-order valence-electron chi connectivity index (χ2n) is 9.40. The van der Waals surface area contributed by atoms with Gasteiger partial charge in [0.2, 0.25) is 0 Å². The highest BCUT2D eigenvalue weighted by molar-refractivity contribution is 14.0. The molecule has 0 bridgehead atoms. The van der Waals surface area contributed by atoms with Crippen molar-refractivity contribution in [2.45, 2.75) is 65.4 Å². The second kappa shape index (κ2) is 13.6. The number of halogens is 1. The molecular formula is C22H43IN4O3. The highest BCUT2D eigenvalue weighted by Crippen LogP contribution is 2.20. The van der Waals surface area contributed by atoms with Gasteiger partial charge in [0.1, 0.15) is 5.60 Å². The van der Waals surface area contributed by atoms with Crippen molar-refractivity contribution in [2.75, 3.05) is 53.0 Å². The van der Waals surface area contributed by atoms with Gasteiger partial charge in [-0.2, -0.15) is 0 Å². The zero-order valence-electron chi connectivity index (χ0n) is 19.6. The molecular weight excluding hydrogens is 495 g/mol. The lowest BCUT2D eigenvalue weighted by atomic mass is 9.96. The SMILES string of the molecule is CCNC(=NCC1CCCN(C(=O)OC(C)(C)C)C1)N(C)CCC1CCOCC1.I. The summed E-state index contributed by atoms with van der Waals surface area (Å²) in [4.78, 5) is 21.4. The molecule has 1 unspecified atom stereocenters. The third-order valence-electron chi connectivity index (χ3n) is 5.58. The maximum Gasteiger partial charge on any atom is 0.410 e. The van der Waals surface area contributed by atoms with E-state index in [0.29, 0.717) is 5.92 Å². The molecule has 2 aliphatic rings. The number of nitrogens with one attached hydrogen (secondary N) is 1. The number of nitrogens with zero attached hydrogens (tertiary/aromatic N) is 3. The number of hydrogen-bond donors (Lipinski definition) is 1. The van der Waals surface area contributed by atoms with Crippen LogP contribution in [0, 0.1) is 11.8 Å². The first-order valence-electron chi connectivity index (χ1n) is 11.3. The molecule has 30 heavy (non-hydrogen) atoms. The summed E-state index contributed by atoms with van der Waals surface area (Å²) >= 11 is 0. The summed E-state index contributed by atoms with van der Waals surface area (Å²) in [5.74, 6) is 2.11. The lowest BCUT2D eigenvalue weighted by molar-refractivity contribution is 0.0170. The van der Waals surface area contributed by atoms with Crippen LogP contribution in [0.15, 0.2) is 4.99 Å². The predicted octanol–water partition coefficient (Wildman–Crippen LogP) is 3.97. The number of carbonyl (C=O) groups is 1. The molecule has 2 aliphatic heterocycles. The number of aliphatic imine (C=N–C) groups is 1. The Bertz CT molecular complexity index is 533. The molecule has 2 heterocycles. The van der Waals surface area contributed by atoms with Gasteiger partial charge in [0, 0.05) is 53.0 Å². The van der Waals surface area contributed by atoms with E-state index in [1.165, 1.54) is 19.3 Å². The van der Waals surface area contributed by atoms with Crippen molar-refractivity contribution in [2.24, 2.45) is 16.8 Å². The Hall–Kier alpha value is -0.770. The van der Waals surface area contributed by atoms with Gasteiger partial charge in [0.25, 0.3) is 0 Å². The van der Waals surface area contributed by atoms with Crippen molar-refractivity contribution < 1.29 is 14.3 Å². The van der Waals surface area contributed by atoms with Crippen molar-refractivity contribution in [1.29, 1.82) is 0 Å². The summed E-state index contributed by atoms with van der Waals surface area (Å²) in [6.45, 7) is 13.7. The molecule has 7 nitrogen and oxygen atoms in total. The predicted molar refractivity (Wildman–Crippen MR) is 133 cm³/mol. The van der Waals surface area contributed by atoms with Gasteiger partial charge >= 0.3 is 6.09 Å². The monoisotopic (exact) mass is 538 g/mol. The molecule has 1 amide bonds. The molecule has 176 valence electrons. The molecule has 2 saturated heterocycles. The van der Waals surface area contributed by atoms with E-state index in [9.17, 15) is 4.79 Å². The molecule has 1 N–H and O–H groups in total. The Morgan fingerprint density at radius 3 is 2.57 bits per heavy atom. The Labute approximate surface area is 200 Å². The average molecular weight is 539 g/mol. The topological polar surface area (TPSA) is 66.4 Å². The van der Waals surface area contributed by atoms with Crippen LogP contribution in [0.3, 0.4) is 0 Å². The van der Waals surface area contributed by atoms with Crippen LogP contribution >= 0.6 is 24.0 Å². The maximum atomic E-state index is 12.4. The number of carbonyl (C=O) groups excluding carboxylic acids is 1. The van der Waals surface area contributed by atoms with E-state index >= 15 is 0 Å². The molecule has 0 aliphatic carbocycles. The summed E-state index contributed by atoms with van der Waals surface area (Å²) in [6, 6.07) is 0. The van der Waals surface area contributed by atoms with Crippen LogP contribution < -0.4 is 5.32 Å². The number of ether oxygens (including phenoxy) is 2. The van der Waals surface area contributed by atoms with Crippen LogP contribution in [0.1, 0.15) is 59.8 Å². The normalized spacial score (nSPS) is 21.0. The van der Waals surface area contributed by atoms with Crippen LogP contribution in [0.5, 0.6) is 0 Å². The van der Waals surface area contributed by atoms with Gasteiger partial charge in [-0.3, -0.25) is 4.99 Å². The van der Waals surface area contributed by atoms with E-state index in [2.05, 4.69) is 24.2 Å². The van der Waals surface area contributed by atoms with Crippen LogP contribution in [-0.2, 0) is 9.47 Å². The van der Waals surface area contributed by atoms with Crippen LogP contribution in [0.25, 0.3) is 0 Å². The van der Waals surface area contributed by atoms with Crippen LogP contribution in [0.2, 0.25) is 0 Å². The Balaban J connectivity index is 0.00000450. The molecule has 0 aromatic rings. The van der Waals surface area contributed by atoms with Gasteiger partial charge in [-0.15, -0.1) is 24.0 Å². The Morgan fingerprint density at radius 2 is 1.93 bits per heavy atom. The lowest BCUT2D eigenvalue weighted by Gasteiger charge is -2.34. The number of guanidine groups is 1.